The second-order valence-corrected chi connectivity index (χ2v) is 4.99. The summed E-state index contributed by atoms with van der Waals surface area (Å²) in [5, 5.41) is 0. The van der Waals surface area contributed by atoms with E-state index in [9.17, 15) is 14.0 Å². The SMILES string of the molecule is COC(=O)c1cccc(C(=O)N2CCOc3cc(F)ccc32)c1. The number of esters is 1. The monoisotopic (exact) mass is 315 g/mol. The third-order valence-corrected chi connectivity index (χ3v) is 3.56. The predicted molar refractivity (Wildman–Crippen MR) is 81.4 cm³/mol. The van der Waals surface area contributed by atoms with Gasteiger partial charge in [-0.05, 0) is 30.3 Å². The lowest BCUT2D eigenvalue weighted by atomic mass is 10.1. The summed E-state index contributed by atoms with van der Waals surface area (Å²) in [7, 11) is 1.28. The topological polar surface area (TPSA) is 55.8 Å². The van der Waals surface area contributed by atoms with Crippen LogP contribution in [0.1, 0.15) is 20.7 Å². The minimum absolute atomic E-state index is 0.277. The van der Waals surface area contributed by atoms with Gasteiger partial charge in [-0.1, -0.05) is 6.07 Å². The Labute approximate surface area is 132 Å². The summed E-state index contributed by atoms with van der Waals surface area (Å²) in [6, 6.07) is 10.3. The third-order valence-electron chi connectivity index (χ3n) is 3.56. The van der Waals surface area contributed by atoms with E-state index < -0.39 is 11.8 Å². The van der Waals surface area contributed by atoms with Gasteiger partial charge in [-0.15, -0.1) is 0 Å². The van der Waals surface area contributed by atoms with Crippen LogP contribution in [-0.4, -0.2) is 32.1 Å². The average molecular weight is 315 g/mol. The van der Waals surface area contributed by atoms with Crippen LogP contribution in [0.5, 0.6) is 5.75 Å². The zero-order valence-corrected chi connectivity index (χ0v) is 12.4. The van der Waals surface area contributed by atoms with Crippen molar-refractivity contribution in [1.82, 2.24) is 0 Å². The number of carbonyl (C=O) groups is 2. The molecule has 1 heterocycles. The largest absolute Gasteiger partial charge is 0.489 e. The Kier molecular flexibility index (Phi) is 3.97. The van der Waals surface area contributed by atoms with E-state index in [2.05, 4.69) is 4.74 Å². The zero-order valence-electron chi connectivity index (χ0n) is 12.4. The summed E-state index contributed by atoms with van der Waals surface area (Å²) in [4.78, 5) is 25.8. The van der Waals surface area contributed by atoms with Gasteiger partial charge in [0.05, 0.1) is 24.9 Å². The van der Waals surface area contributed by atoms with Crippen LogP contribution in [-0.2, 0) is 4.74 Å². The Bertz CT molecular complexity index is 775. The van der Waals surface area contributed by atoms with Crippen LogP contribution >= 0.6 is 0 Å². The quantitative estimate of drug-likeness (QED) is 0.800. The van der Waals surface area contributed by atoms with Crippen LogP contribution in [0.3, 0.4) is 0 Å². The van der Waals surface area contributed by atoms with Crippen LogP contribution in [0.15, 0.2) is 42.5 Å². The zero-order chi connectivity index (χ0) is 16.4. The molecule has 0 N–H and O–H groups in total. The molecule has 3 rings (SSSR count). The number of hydrogen-bond acceptors (Lipinski definition) is 4. The van der Waals surface area contributed by atoms with E-state index in [0.717, 1.165) is 0 Å². The molecule has 1 amide bonds. The molecule has 2 aromatic carbocycles. The van der Waals surface area contributed by atoms with Gasteiger partial charge in [0.2, 0.25) is 0 Å². The van der Waals surface area contributed by atoms with E-state index in [0.29, 0.717) is 29.1 Å². The summed E-state index contributed by atoms with van der Waals surface area (Å²) in [6.45, 7) is 0.624. The number of ether oxygens (including phenoxy) is 2. The molecule has 1 aliphatic rings. The number of amides is 1. The van der Waals surface area contributed by atoms with Crippen LogP contribution in [0.2, 0.25) is 0 Å². The average Bonchev–Trinajstić information content (AvgIpc) is 2.59. The van der Waals surface area contributed by atoms with Crippen molar-refractivity contribution in [3.63, 3.8) is 0 Å². The summed E-state index contributed by atoms with van der Waals surface area (Å²) >= 11 is 0. The highest BCUT2D eigenvalue weighted by molar-refractivity contribution is 6.08. The van der Waals surface area contributed by atoms with E-state index in [-0.39, 0.29) is 12.5 Å². The number of fused-ring (bicyclic) bond motifs is 1. The molecule has 1 aliphatic heterocycles. The van der Waals surface area contributed by atoms with Crippen molar-refractivity contribution in [2.24, 2.45) is 0 Å². The summed E-state index contributed by atoms with van der Waals surface area (Å²) in [6.07, 6.45) is 0. The molecule has 118 valence electrons. The van der Waals surface area contributed by atoms with E-state index in [4.69, 9.17) is 4.74 Å². The van der Waals surface area contributed by atoms with Crippen LogP contribution < -0.4 is 9.64 Å². The lowest BCUT2D eigenvalue weighted by molar-refractivity contribution is 0.0600. The van der Waals surface area contributed by atoms with Gasteiger partial charge in [0, 0.05) is 11.6 Å². The molecule has 6 heteroatoms. The Morgan fingerprint density at radius 2 is 1.96 bits per heavy atom. The fraction of sp³-hybridized carbons (Fsp3) is 0.176. The van der Waals surface area contributed by atoms with Crippen molar-refractivity contribution in [3.8, 4) is 5.75 Å². The highest BCUT2D eigenvalue weighted by Gasteiger charge is 2.25. The highest BCUT2D eigenvalue weighted by atomic mass is 19.1. The first-order valence-electron chi connectivity index (χ1n) is 7.03. The molecule has 5 nitrogen and oxygen atoms in total. The Morgan fingerprint density at radius 1 is 1.17 bits per heavy atom. The molecular weight excluding hydrogens is 301 g/mol. The molecule has 2 aromatic rings. The Balaban J connectivity index is 1.95. The fourth-order valence-electron chi connectivity index (χ4n) is 2.46. The minimum Gasteiger partial charge on any atom is -0.489 e. The number of hydrogen-bond donors (Lipinski definition) is 0. The van der Waals surface area contributed by atoms with Crippen molar-refractivity contribution in [3.05, 3.63) is 59.4 Å². The molecule has 0 unspecified atom stereocenters. The molecule has 0 fully saturated rings. The number of methoxy groups -OCH3 is 1. The summed E-state index contributed by atoms with van der Waals surface area (Å²) in [5.74, 6) is -0.893. The third kappa shape index (κ3) is 2.88. The van der Waals surface area contributed by atoms with Gasteiger partial charge < -0.3 is 14.4 Å². The van der Waals surface area contributed by atoms with Crippen LogP contribution in [0.25, 0.3) is 0 Å². The molecule has 0 atom stereocenters. The van der Waals surface area contributed by atoms with Gasteiger partial charge in [-0.25, -0.2) is 9.18 Å². The lowest BCUT2D eigenvalue weighted by Gasteiger charge is -2.29. The molecule has 0 aromatic heterocycles. The standard InChI is InChI=1S/C17H14FNO4/c1-22-17(21)12-4-2-3-11(9-12)16(20)19-7-8-23-15-10-13(18)5-6-14(15)19/h2-6,9-10H,7-8H2,1H3. The normalized spacial score (nSPS) is 13.0. The number of halogens is 1. The summed E-state index contributed by atoms with van der Waals surface area (Å²) < 4.78 is 23.3. The molecule has 0 spiro atoms. The lowest BCUT2D eigenvalue weighted by Crippen LogP contribution is -2.38. The van der Waals surface area contributed by atoms with Crippen molar-refractivity contribution < 1.29 is 23.5 Å². The van der Waals surface area contributed by atoms with Gasteiger partial charge in [-0.2, -0.15) is 0 Å². The molecule has 0 saturated carbocycles. The van der Waals surface area contributed by atoms with Gasteiger partial charge in [0.25, 0.3) is 5.91 Å². The van der Waals surface area contributed by atoms with Crippen molar-refractivity contribution >= 4 is 17.6 Å². The molecule has 0 aliphatic carbocycles. The molecule has 0 radical (unpaired) electrons. The number of rotatable bonds is 2. The predicted octanol–water partition coefficient (Wildman–Crippen LogP) is 2.65. The number of nitrogens with zero attached hydrogens (tertiary/aromatic N) is 1. The Morgan fingerprint density at radius 3 is 2.74 bits per heavy atom. The van der Waals surface area contributed by atoms with Gasteiger partial charge in [0.1, 0.15) is 18.2 Å². The second kappa shape index (κ2) is 6.08. The minimum atomic E-state index is -0.510. The Hall–Kier alpha value is -2.89. The maximum Gasteiger partial charge on any atom is 0.337 e. The molecule has 0 saturated heterocycles. The van der Waals surface area contributed by atoms with Gasteiger partial charge in [-0.3, -0.25) is 4.79 Å². The smallest absolute Gasteiger partial charge is 0.337 e. The maximum atomic E-state index is 13.3. The van der Waals surface area contributed by atoms with Crippen molar-refractivity contribution in [2.75, 3.05) is 25.2 Å². The maximum absolute atomic E-state index is 13.3. The van der Waals surface area contributed by atoms with Crippen LogP contribution in [0.4, 0.5) is 10.1 Å². The second-order valence-electron chi connectivity index (χ2n) is 4.99. The number of anilines is 1. The van der Waals surface area contributed by atoms with E-state index in [1.54, 1.807) is 18.2 Å². The van der Waals surface area contributed by atoms with Crippen LogP contribution in [0, 0.1) is 5.82 Å². The molecule has 23 heavy (non-hydrogen) atoms. The molecular formula is C17H14FNO4. The van der Waals surface area contributed by atoms with Gasteiger partial charge in [0.15, 0.2) is 0 Å². The van der Waals surface area contributed by atoms with Crippen molar-refractivity contribution in [2.45, 2.75) is 0 Å². The summed E-state index contributed by atoms with van der Waals surface area (Å²) in [5.41, 5.74) is 1.15. The van der Waals surface area contributed by atoms with E-state index in [1.165, 1.54) is 36.3 Å². The highest BCUT2D eigenvalue weighted by Crippen LogP contribution is 2.33. The first-order valence-corrected chi connectivity index (χ1v) is 7.03. The fourth-order valence-corrected chi connectivity index (χ4v) is 2.46. The van der Waals surface area contributed by atoms with E-state index in [1.807, 2.05) is 0 Å². The first-order chi connectivity index (χ1) is 11.1. The van der Waals surface area contributed by atoms with Gasteiger partial charge >= 0.3 is 5.97 Å². The molecule has 0 bridgehead atoms. The van der Waals surface area contributed by atoms with E-state index >= 15 is 0 Å². The van der Waals surface area contributed by atoms with Crippen molar-refractivity contribution in [1.29, 1.82) is 0 Å². The number of benzene rings is 2. The number of carbonyl (C=O) groups excluding carboxylic acids is 2. The first kappa shape index (κ1) is 15.0.